The first-order valence-corrected chi connectivity index (χ1v) is 7.38. The van der Waals surface area contributed by atoms with Gasteiger partial charge in [0.25, 0.3) is 0 Å². The molecule has 0 fully saturated rings. The average molecular weight is 291 g/mol. The van der Waals surface area contributed by atoms with Crippen LogP contribution in [0.4, 0.5) is 0 Å². The number of para-hydroxylation sites is 1. The second-order valence-electron chi connectivity index (χ2n) is 4.18. The van der Waals surface area contributed by atoms with Gasteiger partial charge in [0.1, 0.15) is 11.4 Å². The topological polar surface area (TPSA) is 64.1 Å². The largest absolute Gasteiger partial charge is 0.385 e. The molecule has 1 N–H and O–H groups in total. The molecule has 2 rings (SSSR count). The second kappa shape index (κ2) is 7.81. The van der Waals surface area contributed by atoms with Gasteiger partial charge in [-0.2, -0.15) is 0 Å². The molecule has 6 heteroatoms. The number of hydrogen-bond acceptors (Lipinski definition) is 5. The van der Waals surface area contributed by atoms with Crippen LogP contribution in [-0.2, 0) is 9.53 Å². The molecule has 1 aromatic carbocycles. The SMILES string of the molecule is COCCCNC(=O)CSc1ncnc2ccccc12. The zero-order valence-corrected chi connectivity index (χ0v) is 12.2. The van der Waals surface area contributed by atoms with E-state index in [-0.39, 0.29) is 5.91 Å². The molecule has 0 saturated carbocycles. The highest BCUT2D eigenvalue weighted by Crippen LogP contribution is 2.23. The maximum Gasteiger partial charge on any atom is 0.230 e. The third-order valence-corrected chi connectivity index (χ3v) is 3.70. The number of ether oxygens (including phenoxy) is 1. The van der Waals surface area contributed by atoms with Gasteiger partial charge in [0.05, 0.1) is 11.3 Å². The number of fused-ring (bicyclic) bond motifs is 1. The molecule has 0 atom stereocenters. The molecule has 0 unspecified atom stereocenters. The average Bonchev–Trinajstić information content (AvgIpc) is 2.49. The molecule has 5 nitrogen and oxygen atoms in total. The molecular formula is C14H17N3O2S. The van der Waals surface area contributed by atoms with Crippen molar-refractivity contribution in [1.29, 1.82) is 0 Å². The molecule has 0 aliphatic heterocycles. The van der Waals surface area contributed by atoms with Crippen LogP contribution in [-0.4, -0.2) is 41.9 Å². The Bertz CT molecular complexity index is 572. The van der Waals surface area contributed by atoms with Crippen molar-refractivity contribution < 1.29 is 9.53 Å². The number of amides is 1. The molecular weight excluding hydrogens is 274 g/mol. The molecule has 0 saturated heterocycles. The summed E-state index contributed by atoms with van der Waals surface area (Å²) in [6, 6.07) is 7.78. The smallest absolute Gasteiger partial charge is 0.230 e. The number of aromatic nitrogens is 2. The van der Waals surface area contributed by atoms with Crippen LogP contribution < -0.4 is 5.32 Å². The Kier molecular flexibility index (Phi) is 5.76. The highest BCUT2D eigenvalue weighted by molar-refractivity contribution is 8.00. The van der Waals surface area contributed by atoms with Crippen LogP contribution >= 0.6 is 11.8 Å². The Labute approximate surface area is 122 Å². The molecule has 2 aromatic rings. The summed E-state index contributed by atoms with van der Waals surface area (Å²) in [5.41, 5.74) is 0.894. The summed E-state index contributed by atoms with van der Waals surface area (Å²) >= 11 is 1.43. The Hall–Kier alpha value is -1.66. The predicted molar refractivity (Wildman–Crippen MR) is 79.8 cm³/mol. The lowest BCUT2D eigenvalue weighted by atomic mass is 10.2. The van der Waals surface area contributed by atoms with Crippen LogP contribution in [0.2, 0.25) is 0 Å². The molecule has 20 heavy (non-hydrogen) atoms. The van der Waals surface area contributed by atoms with E-state index in [0.717, 1.165) is 22.3 Å². The lowest BCUT2D eigenvalue weighted by Crippen LogP contribution is -2.26. The van der Waals surface area contributed by atoms with E-state index in [1.165, 1.54) is 18.1 Å². The maximum absolute atomic E-state index is 11.7. The van der Waals surface area contributed by atoms with E-state index in [1.54, 1.807) is 7.11 Å². The third kappa shape index (κ3) is 4.18. The van der Waals surface area contributed by atoms with Gasteiger partial charge in [-0.25, -0.2) is 9.97 Å². The van der Waals surface area contributed by atoms with Gasteiger partial charge in [-0.05, 0) is 12.5 Å². The van der Waals surface area contributed by atoms with Crippen molar-refractivity contribution in [2.75, 3.05) is 26.0 Å². The van der Waals surface area contributed by atoms with Crippen molar-refractivity contribution in [2.24, 2.45) is 0 Å². The summed E-state index contributed by atoms with van der Waals surface area (Å²) in [5, 5.41) is 4.67. The second-order valence-corrected chi connectivity index (χ2v) is 5.15. The third-order valence-electron chi connectivity index (χ3n) is 2.69. The van der Waals surface area contributed by atoms with Gasteiger partial charge in [-0.3, -0.25) is 4.79 Å². The Balaban J connectivity index is 1.88. The van der Waals surface area contributed by atoms with Crippen LogP contribution in [0, 0.1) is 0 Å². The van der Waals surface area contributed by atoms with E-state index in [4.69, 9.17) is 4.74 Å². The minimum Gasteiger partial charge on any atom is -0.385 e. The number of rotatable bonds is 7. The molecule has 0 spiro atoms. The first kappa shape index (κ1) is 14.7. The van der Waals surface area contributed by atoms with Gasteiger partial charge >= 0.3 is 0 Å². The first-order chi connectivity index (χ1) is 9.81. The summed E-state index contributed by atoms with van der Waals surface area (Å²) in [7, 11) is 1.65. The van der Waals surface area contributed by atoms with Gasteiger partial charge < -0.3 is 10.1 Å². The molecule has 1 heterocycles. The number of carbonyl (C=O) groups excluding carboxylic acids is 1. The summed E-state index contributed by atoms with van der Waals surface area (Å²) in [5.74, 6) is 0.363. The molecule has 0 radical (unpaired) electrons. The lowest BCUT2D eigenvalue weighted by Gasteiger charge is -2.06. The van der Waals surface area contributed by atoms with E-state index >= 15 is 0 Å². The Morgan fingerprint density at radius 2 is 2.20 bits per heavy atom. The zero-order chi connectivity index (χ0) is 14.2. The van der Waals surface area contributed by atoms with Gasteiger partial charge in [0, 0.05) is 25.6 Å². The molecule has 0 bridgehead atoms. The number of nitrogens with zero attached hydrogens (tertiary/aromatic N) is 2. The zero-order valence-electron chi connectivity index (χ0n) is 11.3. The van der Waals surface area contributed by atoms with Crippen LogP contribution in [0.25, 0.3) is 10.9 Å². The van der Waals surface area contributed by atoms with Crippen molar-refractivity contribution >= 4 is 28.6 Å². The summed E-state index contributed by atoms with van der Waals surface area (Å²) in [4.78, 5) is 20.1. The quantitative estimate of drug-likeness (QED) is 0.479. The van der Waals surface area contributed by atoms with E-state index < -0.39 is 0 Å². The van der Waals surface area contributed by atoms with E-state index in [1.807, 2.05) is 24.3 Å². The number of nitrogens with one attached hydrogen (secondary N) is 1. The fraction of sp³-hybridized carbons (Fsp3) is 0.357. The number of carbonyl (C=O) groups is 1. The minimum atomic E-state index is 0.00814. The predicted octanol–water partition coefficient (Wildman–Crippen LogP) is 1.87. The fourth-order valence-corrected chi connectivity index (χ4v) is 2.54. The van der Waals surface area contributed by atoms with E-state index in [0.29, 0.717) is 18.9 Å². The van der Waals surface area contributed by atoms with Crippen molar-refractivity contribution in [3.8, 4) is 0 Å². The number of methoxy groups -OCH3 is 1. The fourth-order valence-electron chi connectivity index (χ4n) is 1.72. The van der Waals surface area contributed by atoms with Crippen LogP contribution in [0.1, 0.15) is 6.42 Å². The summed E-state index contributed by atoms with van der Waals surface area (Å²) in [6.07, 6.45) is 2.35. The first-order valence-electron chi connectivity index (χ1n) is 6.39. The van der Waals surface area contributed by atoms with Crippen molar-refractivity contribution in [2.45, 2.75) is 11.4 Å². The van der Waals surface area contributed by atoms with Crippen LogP contribution in [0.3, 0.4) is 0 Å². The molecule has 0 aliphatic carbocycles. The highest BCUT2D eigenvalue weighted by Gasteiger charge is 2.07. The minimum absolute atomic E-state index is 0.00814. The van der Waals surface area contributed by atoms with Crippen molar-refractivity contribution in [3.63, 3.8) is 0 Å². The molecule has 106 valence electrons. The van der Waals surface area contributed by atoms with Gasteiger partial charge in [-0.15, -0.1) is 0 Å². The van der Waals surface area contributed by atoms with Crippen LogP contribution in [0.15, 0.2) is 35.6 Å². The number of hydrogen-bond donors (Lipinski definition) is 1. The Morgan fingerprint density at radius 1 is 1.35 bits per heavy atom. The van der Waals surface area contributed by atoms with E-state index in [9.17, 15) is 4.79 Å². The van der Waals surface area contributed by atoms with Crippen molar-refractivity contribution in [1.82, 2.24) is 15.3 Å². The molecule has 0 aliphatic rings. The van der Waals surface area contributed by atoms with Gasteiger partial charge in [0.15, 0.2) is 0 Å². The van der Waals surface area contributed by atoms with E-state index in [2.05, 4.69) is 15.3 Å². The lowest BCUT2D eigenvalue weighted by molar-refractivity contribution is -0.118. The summed E-state index contributed by atoms with van der Waals surface area (Å²) < 4.78 is 4.93. The Morgan fingerprint density at radius 3 is 3.05 bits per heavy atom. The van der Waals surface area contributed by atoms with Gasteiger partial charge in [-0.1, -0.05) is 30.0 Å². The standard InChI is InChI=1S/C14H17N3O2S/c1-19-8-4-7-15-13(18)9-20-14-11-5-2-3-6-12(11)16-10-17-14/h2-3,5-6,10H,4,7-9H2,1H3,(H,15,18). The number of benzene rings is 1. The molecule has 1 aromatic heterocycles. The van der Waals surface area contributed by atoms with Crippen molar-refractivity contribution in [3.05, 3.63) is 30.6 Å². The van der Waals surface area contributed by atoms with Crippen LogP contribution in [0.5, 0.6) is 0 Å². The summed E-state index contributed by atoms with van der Waals surface area (Å²) in [6.45, 7) is 1.29. The monoisotopic (exact) mass is 291 g/mol. The highest BCUT2D eigenvalue weighted by atomic mass is 32.2. The number of thioether (sulfide) groups is 1. The maximum atomic E-state index is 11.7. The molecule has 1 amide bonds. The van der Waals surface area contributed by atoms with Gasteiger partial charge in [0.2, 0.25) is 5.91 Å². The normalized spacial score (nSPS) is 10.7.